The highest BCUT2D eigenvalue weighted by atomic mass is 32.2. The van der Waals surface area contributed by atoms with E-state index in [1.165, 1.54) is 29.6 Å². The third-order valence-corrected chi connectivity index (χ3v) is 9.25. The molecule has 0 saturated carbocycles. The van der Waals surface area contributed by atoms with Gasteiger partial charge in [0.05, 0.1) is 12.8 Å². The summed E-state index contributed by atoms with van der Waals surface area (Å²) in [6, 6.07) is 4.01. The van der Waals surface area contributed by atoms with Crippen molar-refractivity contribution in [3.05, 3.63) is 18.2 Å². The van der Waals surface area contributed by atoms with Gasteiger partial charge in [-0.2, -0.15) is 12.7 Å². The van der Waals surface area contributed by atoms with Gasteiger partial charge in [-0.05, 0) is 31.0 Å². The molecule has 2 aromatic rings. The number of piperidine rings is 1. The van der Waals surface area contributed by atoms with Crippen LogP contribution in [-0.4, -0.2) is 57.4 Å². The molecule has 176 valence electrons. The normalized spacial score (nSPS) is 15.5. The molecule has 0 aliphatic carbocycles. The van der Waals surface area contributed by atoms with Crippen LogP contribution in [0.25, 0.3) is 0 Å². The first kappa shape index (κ1) is 24.4. The molecule has 3 rings (SSSR count). The number of benzene rings is 1. The topological polar surface area (TPSA) is 148 Å². The minimum atomic E-state index is -4.16. The largest absolute Gasteiger partial charge is 0.495 e. The highest BCUT2D eigenvalue weighted by molar-refractivity contribution is 7.94. The van der Waals surface area contributed by atoms with E-state index >= 15 is 0 Å². The molecule has 1 aromatic carbocycles. The molecule has 32 heavy (non-hydrogen) atoms. The molecule has 1 aromatic heterocycles. The predicted octanol–water partition coefficient (Wildman–Crippen LogP) is 2.12. The van der Waals surface area contributed by atoms with Crippen molar-refractivity contribution >= 4 is 48.1 Å². The lowest BCUT2D eigenvalue weighted by molar-refractivity contribution is -0.118. The molecular weight excluding hydrogens is 478 g/mol. The van der Waals surface area contributed by atoms with Gasteiger partial charge >= 0.3 is 0 Å². The molecular formula is C18H25N5O6S3. The summed E-state index contributed by atoms with van der Waals surface area (Å²) < 4.78 is 60.3. The number of hydrogen-bond acceptors (Lipinski definition) is 9. The number of ether oxygens (including phenoxy) is 1. The quantitative estimate of drug-likeness (QED) is 0.521. The molecule has 11 nitrogen and oxygen atoms in total. The van der Waals surface area contributed by atoms with E-state index in [1.54, 1.807) is 13.8 Å². The second kappa shape index (κ2) is 9.68. The van der Waals surface area contributed by atoms with Gasteiger partial charge < -0.3 is 10.1 Å². The number of hydrogen-bond donors (Lipinski definition) is 2. The van der Waals surface area contributed by atoms with Crippen molar-refractivity contribution in [1.82, 2.24) is 14.5 Å². The Bertz CT molecular complexity index is 1190. The Morgan fingerprint density at radius 1 is 1.12 bits per heavy atom. The molecule has 1 amide bonds. The molecule has 1 saturated heterocycles. The van der Waals surface area contributed by atoms with Crippen LogP contribution < -0.4 is 14.8 Å². The Morgan fingerprint density at radius 2 is 1.81 bits per heavy atom. The summed E-state index contributed by atoms with van der Waals surface area (Å²) in [5, 5.41) is 9.85. The maximum absolute atomic E-state index is 13.1. The number of carbonyl (C=O) groups is 1. The number of anilines is 2. The van der Waals surface area contributed by atoms with Gasteiger partial charge in [0.2, 0.25) is 21.1 Å². The summed E-state index contributed by atoms with van der Waals surface area (Å²) in [5.41, 5.74) is 0.0318. The van der Waals surface area contributed by atoms with E-state index in [0.29, 0.717) is 24.4 Å². The predicted molar refractivity (Wildman–Crippen MR) is 120 cm³/mol. The van der Waals surface area contributed by atoms with E-state index in [4.69, 9.17) is 4.74 Å². The first-order valence-electron chi connectivity index (χ1n) is 9.90. The second-order valence-electron chi connectivity index (χ2n) is 7.45. The number of aromatic nitrogens is 2. The van der Waals surface area contributed by atoms with Crippen molar-refractivity contribution in [1.29, 1.82) is 0 Å². The van der Waals surface area contributed by atoms with Crippen molar-refractivity contribution in [3.63, 3.8) is 0 Å². The van der Waals surface area contributed by atoms with Gasteiger partial charge in [-0.1, -0.05) is 31.6 Å². The molecule has 0 atom stereocenters. The van der Waals surface area contributed by atoms with Crippen LogP contribution in [0.5, 0.6) is 5.75 Å². The van der Waals surface area contributed by atoms with Gasteiger partial charge in [-0.25, -0.2) is 8.42 Å². The fourth-order valence-electron chi connectivity index (χ4n) is 3.00. The number of sulfonamides is 2. The van der Waals surface area contributed by atoms with E-state index in [9.17, 15) is 21.6 Å². The maximum Gasteiger partial charge on any atom is 0.291 e. The van der Waals surface area contributed by atoms with Gasteiger partial charge in [0.1, 0.15) is 10.6 Å². The van der Waals surface area contributed by atoms with Gasteiger partial charge in [0.15, 0.2) is 0 Å². The van der Waals surface area contributed by atoms with Crippen molar-refractivity contribution < 1.29 is 26.4 Å². The van der Waals surface area contributed by atoms with Gasteiger partial charge in [0.25, 0.3) is 14.4 Å². The number of amides is 1. The molecule has 2 heterocycles. The van der Waals surface area contributed by atoms with Gasteiger partial charge in [-0.3, -0.25) is 9.52 Å². The molecule has 0 bridgehead atoms. The van der Waals surface area contributed by atoms with Crippen LogP contribution in [0.4, 0.5) is 10.8 Å². The lowest BCUT2D eigenvalue weighted by Gasteiger charge is -2.26. The average Bonchev–Trinajstić information content (AvgIpc) is 3.23. The van der Waals surface area contributed by atoms with Crippen LogP contribution in [0.1, 0.15) is 33.1 Å². The Labute approximate surface area is 191 Å². The summed E-state index contributed by atoms with van der Waals surface area (Å²) >= 11 is 0.689. The summed E-state index contributed by atoms with van der Waals surface area (Å²) in [6.07, 6.45) is 2.49. The zero-order valence-electron chi connectivity index (χ0n) is 17.9. The SMILES string of the molecule is COc1ccc(NS(=O)(=O)c2nnc(NC(=O)C(C)C)s2)cc1S(=O)(=O)N1CCCCC1. The highest BCUT2D eigenvalue weighted by Gasteiger charge is 2.30. The zero-order chi connectivity index (χ0) is 23.5. The lowest BCUT2D eigenvalue weighted by atomic mass is 10.2. The van der Waals surface area contributed by atoms with Crippen molar-refractivity contribution in [2.24, 2.45) is 5.92 Å². The summed E-state index contributed by atoms with van der Waals surface area (Å²) in [7, 11) is -6.68. The molecule has 1 aliphatic heterocycles. The van der Waals surface area contributed by atoms with Crippen molar-refractivity contribution in [2.75, 3.05) is 30.2 Å². The lowest BCUT2D eigenvalue weighted by Crippen LogP contribution is -2.35. The molecule has 1 aliphatic rings. The van der Waals surface area contributed by atoms with Crippen molar-refractivity contribution in [3.8, 4) is 5.75 Å². The Morgan fingerprint density at radius 3 is 2.44 bits per heavy atom. The highest BCUT2D eigenvalue weighted by Crippen LogP contribution is 2.32. The number of methoxy groups -OCH3 is 1. The molecule has 2 N–H and O–H groups in total. The van der Waals surface area contributed by atoms with Crippen LogP contribution in [0, 0.1) is 5.92 Å². The number of nitrogens with one attached hydrogen (secondary N) is 2. The third kappa shape index (κ3) is 5.36. The molecule has 0 radical (unpaired) electrons. The van der Waals surface area contributed by atoms with Crippen LogP contribution in [0.15, 0.2) is 27.4 Å². The first-order valence-corrected chi connectivity index (χ1v) is 13.6. The molecule has 1 fully saturated rings. The Hall–Kier alpha value is -2.29. The second-order valence-corrected chi connectivity index (χ2v) is 12.2. The first-order chi connectivity index (χ1) is 15.0. The Kier molecular flexibility index (Phi) is 7.37. The van der Waals surface area contributed by atoms with Crippen molar-refractivity contribution in [2.45, 2.75) is 42.3 Å². The smallest absolute Gasteiger partial charge is 0.291 e. The van der Waals surface area contributed by atoms with Gasteiger partial charge in [-0.15, -0.1) is 10.2 Å². The minimum absolute atomic E-state index is 0.0318. The molecule has 0 spiro atoms. The van der Waals surface area contributed by atoms with Crippen LogP contribution in [0.2, 0.25) is 0 Å². The van der Waals surface area contributed by atoms with E-state index in [2.05, 4.69) is 20.2 Å². The average molecular weight is 504 g/mol. The van der Waals surface area contributed by atoms with Gasteiger partial charge in [0, 0.05) is 19.0 Å². The number of nitrogens with zero attached hydrogens (tertiary/aromatic N) is 3. The summed E-state index contributed by atoms with van der Waals surface area (Å²) in [6.45, 7) is 4.18. The van der Waals surface area contributed by atoms with Crippen LogP contribution in [0.3, 0.4) is 0 Å². The maximum atomic E-state index is 13.1. The fraction of sp³-hybridized carbons (Fsp3) is 0.500. The standard InChI is InChI=1S/C18H25N5O6S3/c1-12(2)16(24)19-17-20-21-18(30-17)31(25,26)22-13-7-8-14(29-3)15(11-13)32(27,28)23-9-5-4-6-10-23/h7-8,11-12,22H,4-6,9-10H2,1-3H3,(H,19,20,24). The Balaban J connectivity index is 1.87. The monoisotopic (exact) mass is 503 g/mol. The minimum Gasteiger partial charge on any atom is -0.495 e. The van der Waals surface area contributed by atoms with E-state index in [-0.39, 0.29) is 37.6 Å². The number of carbonyl (C=O) groups excluding carboxylic acids is 1. The number of rotatable bonds is 8. The third-order valence-electron chi connectivity index (χ3n) is 4.74. The van der Waals surface area contributed by atoms with Crippen LogP contribution >= 0.6 is 11.3 Å². The zero-order valence-corrected chi connectivity index (χ0v) is 20.3. The fourth-order valence-corrected chi connectivity index (χ4v) is 6.66. The molecule has 14 heteroatoms. The molecule has 0 unspecified atom stereocenters. The van der Waals surface area contributed by atoms with E-state index in [0.717, 1.165) is 19.3 Å². The summed E-state index contributed by atoms with van der Waals surface area (Å²) in [5.74, 6) is -0.509. The summed E-state index contributed by atoms with van der Waals surface area (Å²) in [4.78, 5) is 11.7. The van der Waals surface area contributed by atoms with E-state index < -0.39 is 20.0 Å². The van der Waals surface area contributed by atoms with E-state index in [1.807, 2.05) is 0 Å². The van der Waals surface area contributed by atoms with Crippen LogP contribution in [-0.2, 0) is 24.8 Å².